The van der Waals surface area contributed by atoms with Gasteiger partial charge in [-0.05, 0) is 19.3 Å². The lowest BCUT2D eigenvalue weighted by atomic mass is 10.1. The van der Waals surface area contributed by atoms with E-state index < -0.39 is 5.97 Å². The summed E-state index contributed by atoms with van der Waals surface area (Å²) in [5, 5.41) is 12.9. The minimum absolute atomic E-state index is 0.0325. The van der Waals surface area contributed by atoms with E-state index in [0.29, 0.717) is 29.7 Å². The average molecular weight is 238 g/mol. The topological polar surface area (TPSA) is 107 Å². The van der Waals surface area contributed by atoms with Gasteiger partial charge in [0.15, 0.2) is 5.82 Å². The quantitative estimate of drug-likeness (QED) is 0.730. The Bertz CT molecular complexity index is 421. The number of carboxylic acid groups (broad SMARTS) is 1. The van der Waals surface area contributed by atoms with Crippen molar-refractivity contribution in [3.8, 4) is 0 Å². The standard InChI is InChI=1S/C11H18N4O2/c12-10-8(5-6-9(16)17)11(13)15(14-10)7-3-1-2-4-7/h7H,1-6,13H2,(H2,12,14)(H,16,17). The van der Waals surface area contributed by atoms with Gasteiger partial charge < -0.3 is 16.6 Å². The zero-order valence-electron chi connectivity index (χ0n) is 9.72. The van der Waals surface area contributed by atoms with Crippen molar-refractivity contribution in [2.45, 2.75) is 44.6 Å². The van der Waals surface area contributed by atoms with E-state index in [-0.39, 0.29) is 6.42 Å². The van der Waals surface area contributed by atoms with Crippen molar-refractivity contribution in [3.63, 3.8) is 0 Å². The molecule has 0 unspecified atom stereocenters. The van der Waals surface area contributed by atoms with Crippen LogP contribution in [-0.4, -0.2) is 20.9 Å². The summed E-state index contributed by atoms with van der Waals surface area (Å²) < 4.78 is 1.78. The Kier molecular flexibility index (Phi) is 3.21. The monoisotopic (exact) mass is 238 g/mol. The Morgan fingerprint density at radius 2 is 2.06 bits per heavy atom. The van der Waals surface area contributed by atoms with Crippen LogP contribution in [-0.2, 0) is 11.2 Å². The molecule has 6 heteroatoms. The van der Waals surface area contributed by atoms with Gasteiger partial charge in [0.05, 0.1) is 6.04 Å². The summed E-state index contributed by atoms with van der Waals surface area (Å²) in [6.07, 6.45) is 4.90. The van der Waals surface area contributed by atoms with E-state index >= 15 is 0 Å². The zero-order chi connectivity index (χ0) is 12.4. The van der Waals surface area contributed by atoms with Crippen LogP contribution in [0.4, 0.5) is 11.6 Å². The number of nitrogens with zero attached hydrogens (tertiary/aromatic N) is 2. The van der Waals surface area contributed by atoms with E-state index in [0.717, 1.165) is 12.8 Å². The number of aliphatic carboxylic acids is 1. The molecule has 1 heterocycles. The minimum atomic E-state index is -0.850. The van der Waals surface area contributed by atoms with E-state index in [1.165, 1.54) is 12.8 Å². The molecular weight excluding hydrogens is 220 g/mol. The molecule has 1 aliphatic carbocycles. The molecule has 1 aliphatic rings. The zero-order valence-corrected chi connectivity index (χ0v) is 9.72. The third kappa shape index (κ3) is 2.35. The van der Waals surface area contributed by atoms with Crippen LogP contribution in [0.5, 0.6) is 0 Å². The number of nitrogens with two attached hydrogens (primary N) is 2. The Balaban J connectivity index is 2.18. The molecule has 5 N–H and O–H groups in total. The summed E-state index contributed by atoms with van der Waals surface area (Å²) in [6.45, 7) is 0. The fourth-order valence-electron chi connectivity index (χ4n) is 2.42. The number of nitrogen functional groups attached to an aromatic ring is 2. The Labute approximate surface area is 99.6 Å². The highest BCUT2D eigenvalue weighted by molar-refractivity contribution is 5.68. The molecular formula is C11H18N4O2. The van der Waals surface area contributed by atoms with Gasteiger partial charge in [-0.2, -0.15) is 5.10 Å². The molecule has 0 aromatic carbocycles. The van der Waals surface area contributed by atoms with Crippen molar-refractivity contribution in [2.24, 2.45) is 0 Å². The van der Waals surface area contributed by atoms with E-state index in [1.807, 2.05) is 0 Å². The normalized spacial score (nSPS) is 16.5. The lowest BCUT2D eigenvalue weighted by Crippen LogP contribution is -2.10. The molecule has 0 bridgehead atoms. The third-order valence-electron chi connectivity index (χ3n) is 3.34. The number of carbonyl (C=O) groups is 1. The van der Waals surface area contributed by atoms with Gasteiger partial charge in [-0.1, -0.05) is 12.8 Å². The first-order valence-corrected chi connectivity index (χ1v) is 5.93. The number of anilines is 2. The molecule has 1 aromatic heterocycles. The number of hydrogen-bond donors (Lipinski definition) is 3. The Morgan fingerprint density at radius 1 is 1.41 bits per heavy atom. The van der Waals surface area contributed by atoms with Gasteiger partial charge in [0.25, 0.3) is 0 Å². The van der Waals surface area contributed by atoms with Crippen molar-refractivity contribution < 1.29 is 9.90 Å². The molecule has 0 saturated heterocycles. The largest absolute Gasteiger partial charge is 0.481 e. The van der Waals surface area contributed by atoms with Crippen molar-refractivity contribution in [1.82, 2.24) is 9.78 Å². The fourth-order valence-corrected chi connectivity index (χ4v) is 2.42. The van der Waals surface area contributed by atoms with Crippen LogP contribution < -0.4 is 11.5 Å². The molecule has 0 amide bonds. The van der Waals surface area contributed by atoms with Gasteiger partial charge in [0, 0.05) is 12.0 Å². The van der Waals surface area contributed by atoms with Gasteiger partial charge in [0.1, 0.15) is 5.82 Å². The van der Waals surface area contributed by atoms with E-state index in [4.69, 9.17) is 16.6 Å². The molecule has 6 nitrogen and oxygen atoms in total. The number of rotatable bonds is 4. The first-order chi connectivity index (χ1) is 8.09. The van der Waals surface area contributed by atoms with Crippen molar-refractivity contribution >= 4 is 17.6 Å². The highest BCUT2D eigenvalue weighted by Gasteiger charge is 2.23. The molecule has 0 spiro atoms. The number of hydrogen-bond acceptors (Lipinski definition) is 4. The van der Waals surface area contributed by atoms with Gasteiger partial charge in [0.2, 0.25) is 0 Å². The average Bonchev–Trinajstić information content (AvgIpc) is 2.85. The van der Waals surface area contributed by atoms with E-state index in [2.05, 4.69) is 5.10 Å². The molecule has 0 atom stereocenters. The maximum absolute atomic E-state index is 10.5. The lowest BCUT2D eigenvalue weighted by molar-refractivity contribution is -0.136. The number of carboxylic acids is 1. The highest BCUT2D eigenvalue weighted by atomic mass is 16.4. The van der Waals surface area contributed by atoms with E-state index in [1.54, 1.807) is 4.68 Å². The predicted octanol–water partition coefficient (Wildman–Crippen LogP) is 1.18. The maximum atomic E-state index is 10.5. The van der Waals surface area contributed by atoms with Crippen molar-refractivity contribution in [2.75, 3.05) is 11.5 Å². The summed E-state index contributed by atoms with van der Waals surface area (Å²) in [7, 11) is 0. The van der Waals surface area contributed by atoms with Gasteiger partial charge in [-0.25, -0.2) is 4.68 Å². The number of aromatic nitrogens is 2. The second kappa shape index (κ2) is 4.65. The van der Waals surface area contributed by atoms with Crippen LogP contribution >= 0.6 is 0 Å². The van der Waals surface area contributed by atoms with E-state index in [9.17, 15) is 4.79 Å². The van der Waals surface area contributed by atoms with Crippen LogP contribution in [0.1, 0.15) is 43.7 Å². The Morgan fingerprint density at radius 3 is 2.65 bits per heavy atom. The third-order valence-corrected chi connectivity index (χ3v) is 3.34. The summed E-state index contributed by atoms with van der Waals surface area (Å²) in [4.78, 5) is 10.5. The smallest absolute Gasteiger partial charge is 0.303 e. The summed E-state index contributed by atoms with van der Waals surface area (Å²) in [5.74, 6) is 0.0590. The second-order valence-corrected chi connectivity index (χ2v) is 4.53. The van der Waals surface area contributed by atoms with Crippen molar-refractivity contribution in [3.05, 3.63) is 5.56 Å². The molecule has 1 saturated carbocycles. The predicted molar refractivity (Wildman–Crippen MR) is 64.5 cm³/mol. The van der Waals surface area contributed by atoms with Crippen LogP contribution in [0.25, 0.3) is 0 Å². The molecule has 1 fully saturated rings. The highest BCUT2D eigenvalue weighted by Crippen LogP contribution is 2.33. The summed E-state index contributed by atoms with van der Waals surface area (Å²) >= 11 is 0. The van der Waals surface area contributed by atoms with Crippen LogP contribution in [0, 0.1) is 0 Å². The first kappa shape index (κ1) is 11.8. The molecule has 0 aliphatic heterocycles. The van der Waals surface area contributed by atoms with Crippen LogP contribution in [0.2, 0.25) is 0 Å². The lowest BCUT2D eigenvalue weighted by Gasteiger charge is -2.11. The maximum Gasteiger partial charge on any atom is 0.303 e. The molecule has 0 radical (unpaired) electrons. The van der Waals surface area contributed by atoms with Crippen molar-refractivity contribution in [1.29, 1.82) is 0 Å². The molecule has 1 aromatic rings. The van der Waals surface area contributed by atoms with Gasteiger partial charge in [-0.15, -0.1) is 0 Å². The van der Waals surface area contributed by atoms with Crippen LogP contribution in [0.15, 0.2) is 0 Å². The first-order valence-electron chi connectivity index (χ1n) is 5.93. The van der Waals surface area contributed by atoms with Crippen LogP contribution in [0.3, 0.4) is 0 Å². The van der Waals surface area contributed by atoms with Gasteiger partial charge >= 0.3 is 5.97 Å². The molecule has 94 valence electrons. The van der Waals surface area contributed by atoms with Gasteiger partial charge in [-0.3, -0.25) is 4.79 Å². The second-order valence-electron chi connectivity index (χ2n) is 4.53. The minimum Gasteiger partial charge on any atom is -0.481 e. The molecule has 2 rings (SSSR count). The Hall–Kier alpha value is -1.72. The summed E-state index contributed by atoms with van der Waals surface area (Å²) in [6, 6.07) is 0.330. The SMILES string of the molecule is Nc1nn(C2CCCC2)c(N)c1CCC(=O)O. The summed E-state index contributed by atoms with van der Waals surface area (Å²) in [5.41, 5.74) is 12.5. The fraction of sp³-hybridized carbons (Fsp3) is 0.636. The molecule has 17 heavy (non-hydrogen) atoms.